The van der Waals surface area contributed by atoms with Crippen molar-refractivity contribution in [3.8, 4) is 5.75 Å². The molecule has 0 aliphatic carbocycles. The van der Waals surface area contributed by atoms with Crippen molar-refractivity contribution in [1.82, 2.24) is 10.2 Å². The van der Waals surface area contributed by atoms with Gasteiger partial charge in [0.15, 0.2) is 6.54 Å². The van der Waals surface area contributed by atoms with Crippen molar-refractivity contribution in [1.29, 1.82) is 0 Å². The summed E-state index contributed by atoms with van der Waals surface area (Å²) in [6.45, 7) is 6.21. The molecule has 1 fully saturated rings. The lowest BCUT2D eigenvalue weighted by Gasteiger charge is -2.31. The largest absolute Gasteiger partial charge is 0.497 e. The zero-order valence-corrected chi connectivity index (χ0v) is 17.2. The van der Waals surface area contributed by atoms with Crippen LogP contribution in [0.2, 0.25) is 0 Å². The van der Waals surface area contributed by atoms with Crippen LogP contribution in [0.5, 0.6) is 5.75 Å². The second-order valence-electron chi connectivity index (χ2n) is 7.41. The fraction of sp³-hybridized carbons (Fsp3) is 0.391. The van der Waals surface area contributed by atoms with E-state index in [2.05, 4.69) is 11.4 Å². The predicted octanol–water partition coefficient (Wildman–Crippen LogP) is 1.11. The number of rotatable bonds is 7. The van der Waals surface area contributed by atoms with E-state index in [1.54, 1.807) is 13.2 Å². The van der Waals surface area contributed by atoms with Crippen LogP contribution in [0.3, 0.4) is 0 Å². The molecule has 1 aliphatic heterocycles. The maximum absolute atomic E-state index is 12.5. The Hall–Kier alpha value is -2.86. The number of hydrogen-bond donors (Lipinski definition) is 2. The molecule has 1 saturated heterocycles. The van der Waals surface area contributed by atoms with Gasteiger partial charge in [0.05, 0.1) is 33.3 Å². The van der Waals surface area contributed by atoms with Crippen molar-refractivity contribution < 1.29 is 19.2 Å². The summed E-state index contributed by atoms with van der Waals surface area (Å²) in [5.74, 6) is 0.949. The molecule has 0 radical (unpaired) electrons. The second kappa shape index (κ2) is 10.1. The van der Waals surface area contributed by atoms with Crippen molar-refractivity contribution >= 4 is 28.7 Å². The van der Waals surface area contributed by atoms with Gasteiger partial charge in [0.2, 0.25) is 5.91 Å². The van der Waals surface area contributed by atoms with Crippen LogP contribution >= 0.6 is 0 Å². The molecule has 154 valence electrons. The minimum atomic E-state index is 0.0225. The van der Waals surface area contributed by atoms with Gasteiger partial charge >= 0.3 is 0 Å². The smallest absolute Gasteiger partial charge is 0.275 e. The van der Waals surface area contributed by atoms with Gasteiger partial charge in [-0.15, -0.1) is 0 Å². The highest BCUT2D eigenvalue weighted by Crippen LogP contribution is 2.22. The van der Waals surface area contributed by atoms with Crippen molar-refractivity contribution in [3.05, 3.63) is 48.0 Å². The first-order valence-corrected chi connectivity index (χ1v) is 10.2. The van der Waals surface area contributed by atoms with E-state index in [9.17, 15) is 9.59 Å². The average Bonchev–Trinajstić information content (AvgIpc) is 2.76. The zero-order chi connectivity index (χ0) is 20.6. The van der Waals surface area contributed by atoms with Gasteiger partial charge in [0.25, 0.3) is 5.91 Å². The molecule has 2 N–H and O–H groups in total. The molecule has 0 unspecified atom stereocenters. The van der Waals surface area contributed by atoms with Gasteiger partial charge in [0, 0.05) is 12.6 Å². The Balaban J connectivity index is 1.52. The van der Waals surface area contributed by atoms with E-state index >= 15 is 0 Å². The summed E-state index contributed by atoms with van der Waals surface area (Å²) in [4.78, 5) is 27.5. The van der Waals surface area contributed by atoms with Crippen LogP contribution in [0.4, 0.5) is 0 Å². The monoisotopic (exact) mass is 396 g/mol. The van der Waals surface area contributed by atoms with Crippen LogP contribution in [0.25, 0.3) is 16.8 Å². The molecule has 3 rings (SSSR count). The molecular weight excluding hydrogens is 366 g/mol. The molecular formula is C23H30N3O3+. The van der Waals surface area contributed by atoms with Crippen LogP contribution in [0, 0.1) is 0 Å². The van der Waals surface area contributed by atoms with E-state index in [1.807, 2.05) is 48.2 Å². The summed E-state index contributed by atoms with van der Waals surface area (Å²) in [5, 5.41) is 5.13. The molecule has 0 spiro atoms. The van der Waals surface area contributed by atoms with Gasteiger partial charge in [0.1, 0.15) is 5.75 Å². The average molecular weight is 397 g/mol. The predicted molar refractivity (Wildman–Crippen MR) is 115 cm³/mol. The molecule has 0 aromatic heterocycles. The summed E-state index contributed by atoms with van der Waals surface area (Å²) in [7, 11) is 1.66. The number of ether oxygens (including phenoxy) is 1. The van der Waals surface area contributed by atoms with Gasteiger partial charge in [-0.3, -0.25) is 9.59 Å². The van der Waals surface area contributed by atoms with Crippen LogP contribution in [0.15, 0.2) is 42.5 Å². The fourth-order valence-electron chi connectivity index (χ4n) is 3.52. The number of hydrogen-bond acceptors (Lipinski definition) is 3. The molecule has 2 amide bonds. The Bertz CT molecular complexity index is 886. The first-order chi connectivity index (χ1) is 14.1. The number of nitrogens with zero attached hydrogens (tertiary/aromatic N) is 1. The molecule has 0 atom stereocenters. The van der Waals surface area contributed by atoms with Gasteiger partial charge in [-0.2, -0.15) is 0 Å². The molecule has 0 bridgehead atoms. The number of methoxy groups -OCH3 is 1. The van der Waals surface area contributed by atoms with Gasteiger partial charge in [-0.25, -0.2) is 0 Å². The van der Waals surface area contributed by atoms with Crippen molar-refractivity contribution in [2.24, 2.45) is 0 Å². The number of benzene rings is 2. The molecule has 29 heavy (non-hydrogen) atoms. The number of piperazine rings is 1. The summed E-state index contributed by atoms with van der Waals surface area (Å²) in [6, 6.07) is 12.1. The Morgan fingerprint density at radius 1 is 1.14 bits per heavy atom. The fourth-order valence-corrected chi connectivity index (χ4v) is 3.52. The molecule has 6 nitrogen and oxygen atoms in total. The highest BCUT2D eigenvalue weighted by Gasteiger charge is 2.23. The standard InChI is InChI=1S/C23H29N3O3/c1-3-10-24-22(27)17-25-11-13-26(14-12-25)23(28)9-5-18-4-6-20-16-21(29-2)8-7-19(20)15-18/h4-9,15-16H,3,10-14,17H2,1-2H3,(H,24,27)/p+1/b9-5+. The Labute approximate surface area is 172 Å². The SMILES string of the molecule is CCCNC(=O)C[NH+]1CCN(C(=O)/C=C/c2ccc3cc(OC)ccc3c2)CC1. The van der Waals surface area contributed by atoms with Gasteiger partial charge < -0.3 is 19.9 Å². The number of amides is 2. The molecule has 6 heteroatoms. The second-order valence-corrected chi connectivity index (χ2v) is 7.41. The Morgan fingerprint density at radius 3 is 2.59 bits per heavy atom. The summed E-state index contributed by atoms with van der Waals surface area (Å²) < 4.78 is 5.26. The lowest BCUT2D eigenvalue weighted by atomic mass is 10.1. The minimum absolute atomic E-state index is 0.0225. The van der Waals surface area contributed by atoms with E-state index in [4.69, 9.17) is 4.74 Å². The zero-order valence-electron chi connectivity index (χ0n) is 17.2. The van der Waals surface area contributed by atoms with E-state index in [0.29, 0.717) is 19.6 Å². The van der Waals surface area contributed by atoms with Gasteiger partial charge in [-0.05, 0) is 47.0 Å². The van der Waals surface area contributed by atoms with Crippen molar-refractivity contribution in [3.63, 3.8) is 0 Å². The van der Waals surface area contributed by atoms with Crippen LogP contribution in [0.1, 0.15) is 18.9 Å². The number of quaternary nitrogens is 1. The van der Waals surface area contributed by atoms with Crippen LogP contribution in [-0.4, -0.2) is 63.1 Å². The minimum Gasteiger partial charge on any atom is -0.497 e. The topological polar surface area (TPSA) is 63.1 Å². The van der Waals surface area contributed by atoms with Crippen molar-refractivity contribution in [2.75, 3.05) is 46.4 Å². The molecule has 0 saturated carbocycles. The highest BCUT2D eigenvalue weighted by molar-refractivity contribution is 5.93. The number of carbonyl (C=O) groups excluding carboxylic acids is 2. The van der Waals surface area contributed by atoms with Crippen molar-refractivity contribution in [2.45, 2.75) is 13.3 Å². The third kappa shape index (κ3) is 5.81. The maximum atomic E-state index is 12.5. The van der Waals surface area contributed by atoms with Gasteiger partial charge in [-0.1, -0.05) is 25.1 Å². The van der Waals surface area contributed by atoms with Crippen LogP contribution in [-0.2, 0) is 9.59 Å². The third-order valence-corrected chi connectivity index (χ3v) is 5.25. The summed E-state index contributed by atoms with van der Waals surface area (Å²) in [6.07, 6.45) is 4.45. The molecule has 1 heterocycles. The number of nitrogens with one attached hydrogen (secondary N) is 2. The van der Waals surface area contributed by atoms with E-state index in [0.717, 1.165) is 48.1 Å². The Morgan fingerprint density at radius 2 is 1.86 bits per heavy atom. The first-order valence-electron chi connectivity index (χ1n) is 10.2. The summed E-state index contributed by atoms with van der Waals surface area (Å²) >= 11 is 0. The van der Waals surface area contributed by atoms with E-state index < -0.39 is 0 Å². The van der Waals surface area contributed by atoms with E-state index in [-0.39, 0.29) is 11.8 Å². The summed E-state index contributed by atoms with van der Waals surface area (Å²) in [5.41, 5.74) is 0.993. The lowest BCUT2D eigenvalue weighted by Crippen LogP contribution is -3.15. The van der Waals surface area contributed by atoms with Crippen LogP contribution < -0.4 is 15.0 Å². The molecule has 2 aromatic carbocycles. The normalized spacial score (nSPS) is 15.0. The maximum Gasteiger partial charge on any atom is 0.275 e. The third-order valence-electron chi connectivity index (χ3n) is 5.25. The number of fused-ring (bicyclic) bond motifs is 1. The lowest BCUT2D eigenvalue weighted by molar-refractivity contribution is -0.896. The number of carbonyl (C=O) groups is 2. The Kier molecular flexibility index (Phi) is 7.25. The first kappa shape index (κ1) is 20.9. The molecule has 1 aliphatic rings. The quantitative estimate of drug-likeness (QED) is 0.690. The van der Waals surface area contributed by atoms with E-state index in [1.165, 1.54) is 4.90 Å². The molecule has 2 aromatic rings. The highest BCUT2D eigenvalue weighted by atomic mass is 16.5.